The third kappa shape index (κ3) is 1.90. The van der Waals surface area contributed by atoms with Crippen LogP contribution in [0.2, 0.25) is 0 Å². The third-order valence-electron chi connectivity index (χ3n) is 5.35. The molecule has 1 aliphatic carbocycles. The number of hydrogen-bond donors (Lipinski definition) is 0. The lowest BCUT2D eigenvalue weighted by Crippen LogP contribution is -2.38. The highest BCUT2D eigenvalue weighted by Gasteiger charge is 2.53. The summed E-state index contributed by atoms with van der Waals surface area (Å²) in [6, 6.07) is 1.73. The molecular weight excluding hydrogens is 280 g/mol. The highest BCUT2D eigenvalue weighted by molar-refractivity contribution is 5.94. The number of furan rings is 1. The van der Waals surface area contributed by atoms with E-state index in [2.05, 4.69) is 21.7 Å². The first-order chi connectivity index (χ1) is 10.7. The first-order valence-corrected chi connectivity index (χ1v) is 7.93. The minimum absolute atomic E-state index is 0.0603. The molecule has 3 heterocycles. The van der Waals surface area contributed by atoms with Gasteiger partial charge in [-0.15, -0.1) is 10.2 Å². The Balaban J connectivity index is 1.63. The van der Waals surface area contributed by atoms with Crippen molar-refractivity contribution in [3.8, 4) is 0 Å². The third-order valence-corrected chi connectivity index (χ3v) is 5.35. The van der Waals surface area contributed by atoms with Gasteiger partial charge in [-0.05, 0) is 31.2 Å². The predicted octanol–water partition coefficient (Wildman–Crippen LogP) is 2.30. The predicted molar refractivity (Wildman–Crippen MR) is 79.3 cm³/mol. The van der Waals surface area contributed by atoms with E-state index in [9.17, 15) is 4.79 Å². The van der Waals surface area contributed by atoms with Gasteiger partial charge in [-0.3, -0.25) is 4.79 Å². The summed E-state index contributed by atoms with van der Waals surface area (Å²) < 4.78 is 7.16. The molecule has 6 heteroatoms. The van der Waals surface area contributed by atoms with Crippen LogP contribution in [0, 0.1) is 5.41 Å². The molecule has 1 saturated heterocycles. The second-order valence-electron chi connectivity index (χ2n) is 6.44. The van der Waals surface area contributed by atoms with Crippen LogP contribution in [-0.2, 0) is 6.54 Å². The zero-order valence-electron chi connectivity index (χ0n) is 12.7. The van der Waals surface area contributed by atoms with Crippen molar-refractivity contribution in [3.05, 3.63) is 36.3 Å². The van der Waals surface area contributed by atoms with Crippen molar-refractivity contribution >= 4 is 5.91 Å². The van der Waals surface area contributed by atoms with Crippen molar-refractivity contribution in [3.63, 3.8) is 0 Å². The summed E-state index contributed by atoms with van der Waals surface area (Å²) in [5, 5.41) is 8.44. The summed E-state index contributed by atoms with van der Waals surface area (Å²) in [6.07, 6.45) is 8.45. The van der Waals surface area contributed by atoms with Crippen molar-refractivity contribution in [2.24, 2.45) is 5.41 Å². The molecule has 2 aromatic heterocycles. The second-order valence-corrected chi connectivity index (χ2v) is 6.44. The molecule has 1 atom stereocenters. The smallest absolute Gasteiger partial charge is 0.257 e. The Morgan fingerprint density at radius 2 is 2.36 bits per heavy atom. The Kier molecular flexibility index (Phi) is 3.06. The quantitative estimate of drug-likeness (QED) is 0.872. The Morgan fingerprint density at radius 3 is 3.00 bits per heavy atom. The molecule has 2 aromatic rings. The van der Waals surface area contributed by atoms with Gasteiger partial charge in [0.15, 0.2) is 0 Å². The number of carbonyl (C=O) groups is 1. The van der Waals surface area contributed by atoms with Crippen LogP contribution in [0.25, 0.3) is 0 Å². The first kappa shape index (κ1) is 13.5. The molecular formula is C16H20N4O2. The minimum Gasteiger partial charge on any atom is -0.472 e. The van der Waals surface area contributed by atoms with Crippen molar-refractivity contribution < 1.29 is 9.21 Å². The Hall–Kier alpha value is -2.11. The fraction of sp³-hybridized carbons (Fsp3) is 0.562. The van der Waals surface area contributed by atoms with E-state index in [0.717, 1.165) is 25.5 Å². The maximum absolute atomic E-state index is 12.6. The van der Waals surface area contributed by atoms with Crippen molar-refractivity contribution in [1.29, 1.82) is 0 Å². The highest BCUT2D eigenvalue weighted by Crippen LogP contribution is 2.55. The SMILES string of the molecule is CCn1cnnc1C1CN(C(=O)c2ccoc2)CC12CCC2. The minimum atomic E-state index is 0.0603. The summed E-state index contributed by atoms with van der Waals surface area (Å²) in [4.78, 5) is 14.6. The van der Waals surface area contributed by atoms with Crippen LogP contribution in [0.3, 0.4) is 0 Å². The van der Waals surface area contributed by atoms with E-state index >= 15 is 0 Å². The summed E-state index contributed by atoms with van der Waals surface area (Å²) in [7, 11) is 0. The van der Waals surface area contributed by atoms with E-state index in [1.807, 2.05) is 4.90 Å². The summed E-state index contributed by atoms with van der Waals surface area (Å²) in [5.41, 5.74) is 0.825. The Labute approximate surface area is 129 Å². The lowest BCUT2D eigenvalue weighted by atomic mass is 9.62. The number of carbonyl (C=O) groups excluding carboxylic acids is 1. The number of aromatic nitrogens is 3. The normalized spacial score (nSPS) is 23.0. The molecule has 6 nitrogen and oxygen atoms in total. The van der Waals surface area contributed by atoms with Gasteiger partial charge in [-0.25, -0.2) is 0 Å². The van der Waals surface area contributed by atoms with Gasteiger partial charge < -0.3 is 13.9 Å². The van der Waals surface area contributed by atoms with E-state index < -0.39 is 0 Å². The largest absolute Gasteiger partial charge is 0.472 e. The number of amides is 1. The monoisotopic (exact) mass is 300 g/mol. The molecule has 0 radical (unpaired) electrons. The van der Waals surface area contributed by atoms with E-state index in [4.69, 9.17) is 4.42 Å². The zero-order chi connectivity index (χ0) is 15.2. The van der Waals surface area contributed by atoms with Gasteiger partial charge in [0.2, 0.25) is 0 Å². The molecule has 22 heavy (non-hydrogen) atoms. The standard InChI is InChI=1S/C16H20N4O2/c1-2-19-11-17-18-14(19)13-8-20(10-16(13)5-3-6-16)15(21)12-4-7-22-9-12/h4,7,9,11,13H,2-3,5-6,8,10H2,1H3. The van der Waals surface area contributed by atoms with Crippen LogP contribution in [-0.4, -0.2) is 38.7 Å². The van der Waals surface area contributed by atoms with E-state index in [-0.39, 0.29) is 11.3 Å². The van der Waals surface area contributed by atoms with E-state index in [1.165, 1.54) is 25.5 Å². The van der Waals surface area contributed by atoms with Gasteiger partial charge in [0.05, 0.1) is 11.8 Å². The average Bonchev–Trinajstić information content (AvgIpc) is 3.22. The molecule has 4 rings (SSSR count). The van der Waals surface area contributed by atoms with Gasteiger partial charge in [0, 0.05) is 25.6 Å². The zero-order valence-corrected chi connectivity index (χ0v) is 12.7. The molecule has 1 unspecified atom stereocenters. The van der Waals surface area contributed by atoms with Gasteiger partial charge in [-0.1, -0.05) is 6.42 Å². The molecule has 2 aliphatic rings. The number of hydrogen-bond acceptors (Lipinski definition) is 4. The highest BCUT2D eigenvalue weighted by atomic mass is 16.3. The number of likely N-dealkylation sites (tertiary alicyclic amines) is 1. The van der Waals surface area contributed by atoms with Gasteiger partial charge in [-0.2, -0.15) is 0 Å². The van der Waals surface area contributed by atoms with Crippen LogP contribution < -0.4 is 0 Å². The summed E-state index contributed by atoms with van der Waals surface area (Å²) >= 11 is 0. The van der Waals surface area contributed by atoms with Gasteiger partial charge >= 0.3 is 0 Å². The van der Waals surface area contributed by atoms with E-state index in [0.29, 0.717) is 11.5 Å². The summed E-state index contributed by atoms with van der Waals surface area (Å²) in [5.74, 6) is 1.38. The summed E-state index contributed by atoms with van der Waals surface area (Å²) in [6.45, 7) is 4.51. The molecule has 0 aromatic carbocycles. The van der Waals surface area contributed by atoms with Crippen LogP contribution >= 0.6 is 0 Å². The Bertz CT molecular complexity index is 672. The molecule has 116 valence electrons. The van der Waals surface area contributed by atoms with Crippen molar-refractivity contribution in [2.75, 3.05) is 13.1 Å². The Morgan fingerprint density at radius 1 is 1.50 bits per heavy atom. The van der Waals surface area contributed by atoms with Crippen molar-refractivity contribution in [2.45, 2.75) is 38.6 Å². The van der Waals surface area contributed by atoms with Gasteiger partial charge in [0.25, 0.3) is 5.91 Å². The molecule has 2 fully saturated rings. The second kappa shape index (κ2) is 4.97. The molecule has 1 amide bonds. The molecule has 1 spiro atoms. The molecule has 0 N–H and O–H groups in total. The lowest BCUT2D eigenvalue weighted by molar-refractivity contribution is 0.0722. The number of nitrogens with zero attached hydrogens (tertiary/aromatic N) is 4. The molecule has 0 bridgehead atoms. The lowest BCUT2D eigenvalue weighted by Gasteiger charge is -2.42. The average molecular weight is 300 g/mol. The molecule has 1 aliphatic heterocycles. The van der Waals surface area contributed by atoms with E-state index in [1.54, 1.807) is 18.7 Å². The number of aryl methyl sites for hydroxylation is 1. The topological polar surface area (TPSA) is 64.2 Å². The van der Waals surface area contributed by atoms with Crippen LogP contribution in [0.5, 0.6) is 0 Å². The van der Waals surface area contributed by atoms with Gasteiger partial charge in [0.1, 0.15) is 18.4 Å². The fourth-order valence-corrected chi connectivity index (χ4v) is 3.96. The van der Waals surface area contributed by atoms with Crippen molar-refractivity contribution in [1.82, 2.24) is 19.7 Å². The first-order valence-electron chi connectivity index (χ1n) is 7.93. The van der Waals surface area contributed by atoms with Crippen LogP contribution in [0.15, 0.2) is 29.3 Å². The fourth-order valence-electron chi connectivity index (χ4n) is 3.96. The maximum Gasteiger partial charge on any atom is 0.257 e. The number of rotatable bonds is 3. The maximum atomic E-state index is 12.6. The molecule has 1 saturated carbocycles. The van der Waals surface area contributed by atoms with Crippen LogP contribution in [0.1, 0.15) is 48.3 Å². The van der Waals surface area contributed by atoms with Crippen LogP contribution in [0.4, 0.5) is 0 Å².